The smallest absolute Gasteiger partial charge is 0.251 e. The topological polar surface area (TPSA) is 68.8 Å². The Morgan fingerprint density at radius 1 is 1.21 bits per heavy atom. The minimum Gasteiger partial charge on any atom is -0.356 e. The SMILES string of the molecule is CN=C(NCCc1cccc(C(=O)NC)c1)NCC(c1cccs1)N(C)C.I. The van der Waals surface area contributed by atoms with Crippen LogP contribution < -0.4 is 16.0 Å². The molecular weight excluding hydrogens is 485 g/mol. The summed E-state index contributed by atoms with van der Waals surface area (Å²) in [5.74, 6) is 0.714. The van der Waals surface area contributed by atoms with Crippen molar-refractivity contribution in [2.45, 2.75) is 12.5 Å². The summed E-state index contributed by atoms with van der Waals surface area (Å²) in [4.78, 5) is 19.6. The monoisotopic (exact) mass is 515 g/mol. The summed E-state index contributed by atoms with van der Waals surface area (Å²) in [6, 6.07) is 12.2. The third-order valence-corrected chi connectivity index (χ3v) is 5.28. The zero-order valence-electron chi connectivity index (χ0n) is 16.9. The molecule has 8 heteroatoms. The largest absolute Gasteiger partial charge is 0.356 e. The van der Waals surface area contributed by atoms with Crippen molar-refractivity contribution in [1.29, 1.82) is 0 Å². The minimum atomic E-state index is -0.0643. The normalized spacial score (nSPS) is 12.2. The number of carbonyl (C=O) groups is 1. The molecule has 0 saturated carbocycles. The Labute approximate surface area is 188 Å². The summed E-state index contributed by atoms with van der Waals surface area (Å²) < 4.78 is 0. The molecule has 1 amide bonds. The van der Waals surface area contributed by atoms with Gasteiger partial charge < -0.3 is 20.9 Å². The van der Waals surface area contributed by atoms with Gasteiger partial charge in [-0.25, -0.2) is 0 Å². The van der Waals surface area contributed by atoms with Crippen LogP contribution in [0.2, 0.25) is 0 Å². The lowest BCUT2D eigenvalue weighted by molar-refractivity contribution is 0.0963. The molecule has 1 heterocycles. The van der Waals surface area contributed by atoms with E-state index in [1.165, 1.54) is 4.88 Å². The highest BCUT2D eigenvalue weighted by atomic mass is 127. The third kappa shape index (κ3) is 7.40. The van der Waals surface area contributed by atoms with Crippen LogP contribution in [0.25, 0.3) is 0 Å². The van der Waals surface area contributed by atoms with Crippen molar-refractivity contribution in [1.82, 2.24) is 20.9 Å². The van der Waals surface area contributed by atoms with Crippen molar-refractivity contribution >= 4 is 47.2 Å². The number of guanidine groups is 1. The fraction of sp³-hybridized carbons (Fsp3) is 0.400. The van der Waals surface area contributed by atoms with Gasteiger partial charge in [-0.3, -0.25) is 9.79 Å². The molecule has 0 fully saturated rings. The molecule has 1 aromatic heterocycles. The first-order valence-electron chi connectivity index (χ1n) is 9.00. The second-order valence-electron chi connectivity index (χ2n) is 6.40. The molecule has 2 rings (SSSR count). The summed E-state index contributed by atoms with van der Waals surface area (Å²) in [5.41, 5.74) is 1.80. The average molecular weight is 515 g/mol. The van der Waals surface area contributed by atoms with E-state index in [2.05, 4.69) is 57.5 Å². The summed E-state index contributed by atoms with van der Waals surface area (Å²) in [5, 5.41) is 11.5. The summed E-state index contributed by atoms with van der Waals surface area (Å²) in [7, 11) is 7.59. The molecule has 0 aliphatic carbocycles. The number of halogens is 1. The van der Waals surface area contributed by atoms with Crippen molar-refractivity contribution in [2.75, 3.05) is 41.3 Å². The first kappa shape index (κ1) is 24.4. The zero-order chi connectivity index (χ0) is 19.6. The van der Waals surface area contributed by atoms with E-state index in [0.29, 0.717) is 11.6 Å². The van der Waals surface area contributed by atoms with Gasteiger partial charge in [-0.05, 0) is 49.7 Å². The van der Waals surface area contributed by atoms with Crippen LogP contribution in [0.5, 0.6) is 0 Å². The summed E-state index contributed by atoms with van der Waals surface area (Å²) in [6.07, 6.45) is 0.813. The van der Waals surface area contributed by atoms with Gasteiger partial charge in [0.2, 0.25) is 0 Å². The molecule has 1 unspecified atom stereocenters. The standard InChI is InChI=1S/C20H29N5OS.HI/c1-21-19(26)16-8-5-7-15(13-16)10-11-23-20(22-2)24-14-17(25(3)4)18-9-6-12-27-18;/h5-9,12-13,17H,10-11,14H2,1-4H3,(H,21,26)(H2,22,23,24);1H. The Bertz CT molecular complexity index is 749. The molecule has 28 heavy (non-hydrogen) atoms. The van der Waals surface area contributed by atoms with Crippen molar-refractivity contribution in [3.05, 3.63) is 57.8 Å². The Balaban J connectivity index is 0.00000392. The molecule has 0 radical (unpaired) electrons. The molecule has 1 atom stereocenters. The van der Waals surface area contributed by atoms with Gasteiger partial charge in [-0.15, -0.1) is 35.3 Å². The molecule has 0 spiro atoms. The second kappa shape index (κ2) is 12.7. The van der Waals surface area contributed by atoms with Crippen LogP contribution in [-0.2, 0) is 6.42 Å². The molecule has 6 nitrogen and oxygen atoms in total. The van der Waals surface area contributed by atoms with Gasteiger partial charge in [0, 0.05) is 37.6 Å². The average Bonchev–Trinajstić information content (AvgIpc) is 3.20. The van der Waals surface area contributed by atoms with Crippen LogP contribution in [0, 0.1) is 0 Å². The number of amides is 1. The maximum atomic E-state index is 11.7. The number of carbonyl (C=O) groups excluding carboxylic acids is 1. The molecule has 0 saturated heterocycles. The van der Waals surface area contributed by atoms with Crippen LogP contribution in [0.15, 0.2) is 46.8 Å². The van der Waals surface area contributed by atoms with E-state index in [-0.39, 0.29) is 29.9 Å². The van der Waals surface area contributed by atoms with E-state index >= 15 is 0 Å². The summed E-state index contributed by atoms with van der Waals surface area (Å²) in [6.45, 7) is 1.52. The highest BCUT2D eigenvalue weighted by Crippen LogP contribution is 2.22. The molecular formula is C20H30IN5OS. The number of nitrogens with one attached hydrogen (secondary N) is 3. The fourth-order valence-corrected chi connectivity index (χ4v) is 3.69. The lowest BCUT2D eigenvalue weighted by Crippen LogP contribution is -2.42. The number of aliphatic imine (C=N–C) groups is 1. The number of hydrogen-bond donors (Lipinski definition) is 3. The van der Waals surface area contributed by atoms with E-state index in [1.807, 2.05) is 24.3 Å². The summed E-state index contributed by atoms with van der Waals surface area (Å²) >= 11 is 1.76. The van der Waals surface area contributed by atoms with Crippen molar-refractivity contribution in [3.8, 4) is 0 Å². The van der Waals surface area contributed by atoms with Gasteiger partial charge >= 0.3 is 0 Å². The predicted molar refractivity (Wildman–Crippen MR) is 129 cm³/mol. The molecule has 2 aromatic rings. The van der Waals surface area contributed by atoms with E-state index in [1.54, 1.807) is 25.4 Å². The maximum absolute atomic E-state index is 11.7. The van der Waals surface area contributed by atoms with Gasteiger partial charge in [0.25, 0.3) is 5.91 Å². The van der Waals surface area contributed by atoms with Crippen molar-refractivity contribution < 1.29 is 4.79 Å². The van der Waals surface area contributed by atoms with Gasteiger partial charge in [-0.2, -0.15) is 0 Å². The van der Waals surface area contributed by atoms with Gasteiger partial charge in [0.1, 0.15) is 0 Å². The number of benzene rings is 1. The number of likely N-dealkylation sites (N-methyl/N-ethyl adjacent to an activating group) is 1. The molecule has 0 aliphatic heterocycles. The first-order valence-corrected chi connectivity index (χ1v) is 9.88. The maximum Gasteiger partial charge on any atom is 0.251 e. The number of thiophene rings is 1. The Hall–Kier alpha value is -1.65. The number of rotatable bonds is 8. The fourth-order valence-electron chi connectivity index (χ4n) is 2.77. The van der Waals surface area contributed by atoms with E-state index in [0.717, 1.165) is 31.0 Å². The lowest BCUT2D eigenvalue weighted by atomic mass is 10.1. The Morgan fingerprint density at radius 3 is 2.61 bits per heavy atom. The predicted octanol–water partition coefficient (Wildman–Crippen LogP) is 2.74. The molecule has 0 bridgehead atoms. The van der Waals surface area contributed by atoms with Crippen molar-refractivity contribution in [2.24, 2.45) is 4.99 Å². The van der Waals surface area contributed by atoms with Crippen molar-refractivity contribution in [3.63, 3.8) is 0 Å². The van der Waals surface area contributed by atoms with E-state index in [9.17, 15) is 4.79 Å². The molecule has 0 aliphatic rings. The van der Waals surface area contributed by atoms with Gasteiger partial charge in [0.05, 0.1) is 6.04 Å². The van der Waals surface area contributed by atoms with Crippen LogP contribution in [0.1, 0.15) is 26.8 Å². The number of nitrogens with zero attached hydrogens (tertiary/aromatic N) is 2. The molecule has 154 valence electrons. The number of hydrogen-bond acceptors (Lipinski definition) is 4. The highest BCUT2D eigenvalue weighted by Gasteiger charge is 2.15. The van der Waals surface area contributed by atoms with Gasteiger partial charge in [0.15, 0.2) is 5.96 Å². The lowest BCUT2D eigenvalue weighted by Gasteiger charge is -2.24. The van der Waals surface area contributed by atoms with Gasteiger partial charge in [-0.1, -0.05) is 18.2 Å². The molecule has 3 N–H and O–H groups in total. The minimum absolute atomic E-state index is 0. The zero-order valence-corrected chi connectivity index (χ0v) is 20.0. The van der Waals surface area contributed by atoms with Crippen LogP contribution >= 0.6 is 35.3 Å². The quantitative estimate of drug-likeness (QED) is 0.288. The Kier molecular flexibility index (Phi) is 11.1. The first-order chi connectivity index (χ1) is 13.0. The van der Waals surface area contributed by atoms with Crippen LogP contribution in [0.3, 0.4) is 0 Å². The molecule has 1 aromatic carbocycles. The van der Waals surface area contributed by atoms with E-state index in [4.69, 9.17) is 0 Å². The third-order valence-electron chi connectivity index (χ3n) is 4.30. The highest BCUT2D eigenvalue weighted by molar-refractivity contribution is 14.0. The van der Waals surface area contributed by atoms with Crippen LogP contribution in [-0.4, -0.2) is 58.0 Å². The van der Waals surface area contributed by atoms with Crippen LogP contribution in [0.4, 0.5) is 0 Å². The second-order valence-corrected chi connectivity index (χ2v) is 7.38. The van der Waals surface area contributed by atoms with E-state index < -0.39 is 0 Å². The Morgan fingerprint density at radius 2 is 2.00 bits per heavy atom.